The zero-order chi connectivity index (χ0) is 16.2. The molecule has 0 spiro atoms. The first-order valence-electron chi connectivity index (χ1n) is 7.92. The van der Waals surface area contributed by atoms with Gasteiger partial charge in [-0.15, -0.1) is 0 Å². The van der Waals surface area contributed by atoms with E-state index >= 15 is 0 Å². The van der Waals surface area contributed by atoms with Gasteiger partial charge in [0.15, 0.2) is 0 Å². The molecule has 122 valence electrons. The second-order valence-corrected chi connectivity index (χ2v) is 6.35. The summed E-state index contributed by atoms with van der Waals surface area (Å²) in [6.07, 6.45) is 11.2. The van der Waals surface area contributed by atoms with Gasteiger partial charge in [-0.3, -0.25) is 4.98 Å². The molecule has 6 heteroatoms. The number of fused-ring (bicyclic) bond motifs is 1. The number of pyridine rings is 1. The maximum atomic E-state index is 7.72. The van der Waals surface area contributed by atoms with Crippen LogP contribution in [0, 0.1) is 5.41 Å². The number of hydrogen-bond acceptors (Lipinski definition) is 5. The first-order valence-corrected chi connectivity index (χ1v) is 8.35. The van der Waals surface area contributed by atoms with Gasteiger partial charge in [0.05, 0.1) is 11.4 Å². The van der Waals surface area contributed by atoms with Crippen molar-refractivity contribution in [2.45, 2.75) is 24.4 Å². The highest BCUT2D eigenvalue weighted by molar-refractivity contribution is 6.23. The fourth-order valence-corrected chi connectivity index (χ4v) is 3.05. The molecule has 0 amide bonds. The van der Waals surface area contributed by atoms with Crippen molar-refractivity contribution < 1.29 is 0 Å². The van der Waals surface area contributed by atoms with E-state index in [1.54, 1.807) is 0 Å². The second-order valence-electron chi connectivity index (χ2n) is 5.91. The molecule has 1 aromatic heterocycles. The molecule has 5 nitrogen and oxygen atoms in total. The first-order chi connectivity index (χ1) is 11.2. The molecule has 3 N–H and O–H groups in total. The van der Waals surface area contributed by atoms with Crippen molar-refractivity contribution in [2.24, 2.45) is 0 Å². The van der Waals surface area contributed by atoms with Crippen LogP contribution < -0.4 is 15.5 Å². The van der Waals surface area contributed by atoms with Crippen LogP contribution in [0.15, 0.2) is 24.5 Å². The van der Waals surface area contributed by atoms with E-state index in [-0.39, 0.29) is 5.50 Å². The molecule has 2 aliphatic heterocycles. The van der Waals surface area contributed by atoms with Crippen molar-refractivity contribution >= 4 is 35.2 Å². The number of allylic oxidation sites excluding steroid dienone is 1. The van der Waals surface area contributed by atoms with Gasteiger partial charge in [-0.05, 0) is 44.1 Å². The number of hydrogen-bond donors (Lipinski definition) is 3. The standard InChI is InChI=1S/C17H22ClN5/c1-23-16-8-12(10-22-15(16)2-3-17(23)18)13(9-19)11-21-14-4-6-20-7-5-14/h2-3,8-11,14,17,19-21H,4-7H2,1H3/b13-11+,19-9?. The van der Waals surface area contributed by atoms with E-state index in [0.717, 1.165) is 48.4 Å². The first kappa shape index (κ1) is 16.0. The zero-order valence-corrected chi connectivity index (χ0v) is 14.0. The third-order valence-corrected chi connectivity index (χ3v) is 4.80. The van der Waals surface area contributed by atoms with Gasteiger partial charge in [0.2, 0.25) is 0 Å². The second kappa shape index (κ2) is 7.15. The Morgan fingerprint density at radius 2 is 2.26 bits per heavy atom. The number of piperidine rings is 1. The smallest absolute Gasteiger partial charge is 0.123 e. The van der Waals surface area contributed by atoms with Crippen LogP contribution in [0.25, 0.3) is 11.6 Å². The molecule has 1 saturated heterocycles. The fraction of sp³-hybridized carbons (Fsp3) is 0.412. The van der Waals surface area contributed by atoms with Crippen LogP contribution in [0.1, 0.15) is 24.1 Å². The molecule has 1 unspecified atom stereocenters. The number of aromatic nitrogens is 1. The van der Waals surface area contributed by atoms with E-state index in [1.165, 1.54) is 6.21 Å². The van der Waals surface area contributed by atoms with Gasteiger partial charge in [-0.1, -0.05) is 11.6 Å². The minimum atomic E-state index is -0.167. The summed E-state index contributed by atoms with van der Waals surface area (Å²) in [5, 5.41) is 14.5. The lowest BCUT2D eigenvalue weighted by Gasteiger charge is -2.28. The lowest BCUT2D eigenvalue weighted by Crippen LogP contribution is -2.37. The van der Waals surface area contributed by atoms with Crippen molar-refractivity contribution in [3.05, 3.63) is 35.8 Å². The molecular weight excluding hydrogens is 310 g/mol. The van der Waals surface area contributed by atoms with E-state index < -0.39 is 0 Å². The van der Waals surface area contributed by atoms with Crippen LogP contribution in [0.3, 0.4) is 0 Å². The molecule has 1 atom stereocenters. The molecule has 2 aliphatic rings. The lowest BCUT2D eigenvalue weighted by atomic mass is 10.0. The van der Waals surface area contributed by atoms with Gasteiger partial charge < -0.3 is 20.9 Å². The van der Waals surface area contributed by atoms with Crippen LogP contribution in [0.5, 0.6) is 0 Å². The number of likely N-dealkylation sites (N-methyl/N-ethyl adjacent to an activating group) is 1. The molecule has 3 heterocycles. The average molecular weight is 332 g/mol. The Morgan fingerprint density at radius 1 is 1.48 bits per heavy atom. The van der Waals surface area contributed by atoms with E-state index in [9.17, 15) is 0 Å². The third kappa shape index (κ3) is 3.57. The molecule has 0 radical (unpaired) electrons. The Hall–Kier alpha value is -1.85. The monoisotopic (exact) mass is 331 g/mol. The minimum Gasteiger partial charge on any atom is -0.388 e. The third-order valence-electron chi connectivity index (χ3n) is 4.36. The maximum Gasteiger partial charge on any atom is 0.123 e. The molecule has 0 bridgehead atoms. The van der Waals surface area contributed by atoms with Gasteiger partial charge >= 0.3 is 0 Å². The SMILES string of the molecule is CN1c2cc(/C(C=N)=C/NC3CCNCC3)cnc2C=CC1Cl. The van der Waals surface area contributed by atoms with Gasteiger partial charge in [0.25, 0.3) is 0 Å². The van der Waals surface area contributed by atoms with Gasteiger partial charge in [0.1, 0.15) is 5.50 Å². The summed E-state index contributed by atoms with van der Waals surface area (Å²) in [6.45, 7) is 2.08. The summed E-state index contributed by atoms with van der Waals surface area (Å²) in [4.78, 5) is 6.48. The highest BCUT2D eigenvalue weighted by Crippen LogP contribution is 2.29. The highest BCUT2D eigenvalue weighted by Gasteiger charge is 2.19. The van der Waals surface area contributed by atoms with Gasteiger partial charge in [-0.25, -0.2) is 0 Å². The van der Waals surface area contributed by atoms with Crippen molar-refractivity contribution in [1.29, 1.82) is 5.41 Å². The van der Waals surface area contributed by atoms with E-state index in [4.69, 9.17) is 17.0 Å². The average Bonchev–Trinajstić information content (AvgIpc) is 2.60. The Balaban J connectivity index is 1.81. The van der Waals surface area contributed by atoms with Crippen LogP contribution in [-0.4, -0.2) is 42.9 Å². The quantitative estimate of drug-likeness (QED) is 0.450. The number of nitrogens with zero attached hydrogens (tertiary/aromatic N) is 2. The van der Waals surface area contributed by atoms with E-state index in [1.807, 2.05) is 42.6 Å². The molecule has 1 aromatic rings. The molecule has 23 heavy (non-hydrogen) atoms. The number of alkyl halides is 1. The predicted molar refractivity (Wildman–Crippen MR) is 97.1 cm³/mol. The molecule has 3 rings (SSSR count). The number of nitrogens with one attached hydrogen (secondary N) is 3. The van der Waals surface area contributed by atoms with Crippen molar-refractivity contribution in [3.8, 4) is 0 Å². The fourth-order valence-electron chi connectivity index (χ4n) is 2.87. The Morgan fingerprint density at radius 3 is 3.00 bits per heavy atom. The molecule has 0 aliphatic carbocycles. The summed E-state index contributed by atoms with van der Waals surface area (Å²) >= 11 is 6.26. The number of anilines is 1. The van der Waals surface area contributed by atoms with Crippen molar-refractivity contribution in [3.63, 3.8) is 0 Å². The Kier molecular flexibility index (Phi) is 4.98. The summed E-state index contributed by atoms with van der Waals surface area (Å²) < 4.78 is 0. The Labute approximate surface area is 141 Å². The normalized spacial score (nSPS) is 21.9. The number of rotatable bonds is 4. The minimum absolute atomic E-state index is 0.167. The largest absolute Gasteiger partial charge is 0.388 e. The zero-order valence-electron chi connectivity index (χ0n) is 13.2. The van der Waals surface area contributed by atoms with Crippen LogP contribution in [0.4, 0.5) is 5.69 Å². The van der Waals surface area contributed by atoms with Crippen LogP contribution in [0.2, 0.25) is 0 Å². The predicted octanol–water partition coefficient (Wildman–Crippen LogP) is 2.44. The maximum absolute atomic E-state index is 7.72. The molecular formula is C17H22ClN5. The van der Waals surface area contributed by atoms with Crippen molar-refractivity contribution in [2.75, 3.05) is 25.0 Å². The van der Waals surface area contributed by atoms with Crippen LogP contribution in [-0.2, 0) is 0 Å². The summed E-state index contributed by atoms with van der Waals surface area (Å²) in [5.41, 5.74) is 3.47. The lowest BCUT2D eigenvalue weighted by molar-refractivity contribution is 0.420. The molecule has 1 fully saturated rings. The van der Waals surface area contributed by atoms with Crippen LogP contribution >= 0.6 is 11.6 Å². The highest BCUT2D eigenvalue weighted by atomic mass is 35.5. The number of halogens is 1. The van der Waals surface area contributed by atoms with E-state index in [2.05, 4.69) is 15.6 Å². The topological polar surface area (TPSA) is 64.0 Å². The summed E-state index contributed by atoms with van der Waals surface area (Å²) in [5.74, 6) is 0. The summed E-state index contributed by atoms with van der Waals surface area (Å²) in [6, 6.07) is 2.51. The van der Waals surface area contributed by atoms with Crippen molar-refractivity contribution in [1.82, 2.24) is 15.6 Å². The van der Waals surface area contributed by atoms with E-state index in [0.29, 0.717) is 6.04 Å². The molecule has 0 saturated carbocycles. The van der Waals surface area contributed by atoms with Gasteiger partial charge in [-0.2, -0.15) is 0 Å². The summed E-state index contributed by atoms with van der Waals surface area (Å²) in [7, 11) is 1.95. The molecule has 0 aromatic carbocycles. The Bertz CT molecular complexity index is 634. The van der Waals surface area contributed by atoms with Gasteiger partial charge in [0, 0.05) is 42.8 Å².